The Labute approximate surface area is 114 Å². The number of rotatable bonds is 2. The molecule has 1 aliphatic heterocycles. The molecule has 0 saturated carbocycles. The standard InChI is InChI=1S/C17H20N2/c1-13-5-2-6-14(11-13)16-8-3-9-17(19-16)15-7-4-10-18-12-15/h2-3,5-6,8-9,11,15,18H,4,7,10,12H2,1H3. The van der Waals surface area contributed by atoms with Crippen molar-refractivity contribution in [3.05, 3.63) is 53.7 Å². The fourth-order valence-corrected chi connectivity index (χ4v) is 2.75. The fourth-order valence-electron chi connectivity index (χ4n) is 2.75. The number of hydrogen-bond donors (Lipinski definition) is 1. The molecular formula is C17H20N2. The zero-order valence-electron chi connectivity index (χ0n) is 11.4. The van der Waals surface area contributed by atoms with Gasteiger partial charge in [-0.25, -0.2) is 0 Å². The molecule has 1 aliphatic rings. The average Bonchev–Trinajstić information content (AvgIpc) is 2.48. The molecule has 1 aromatic carbocycles. The molecule has 1 unspecified atom stereocenters. The van der Waals surface area contributed by atoms with Crippen LogP contribution in [0.1, 0.15) is 30.0 Å². The summed E-state index contributed by atoms with van der Waals surface area (Å²) in [6.07, 6.45) is 2.50. The van der Waals surface area contributed by atoms with Crippen molar-refractivity contribution in [2.45, 2.75) is 25.7 Å². The molecule has 2 nitrogen and oxygen atoms in total. The predicted octanol–water partition coefficient (Wildman–Crippen LogP) is 3.52. The highest BCUT2D eigenvalue weighted by Gasteiger charge is 2.16. The van der Waals surface area contributed by atoms with E-state index in [1.807, 2.05) is 0 Å². The van der Waals surface area contributed by atoms with Crippen LogP contribution in [0.25, 0.3) is 11.3 Å². The van der Waals surface area contributed by atoms with Gasteiger partial charge >= 0.3 is 0 Å². The van der Waals surface area contributed by atoms with Crippen molar-refractivity contribution in [2.24, 2.45) is 0 Å². The van der Waals surface area contributed by atoms with Crippen LogP contribution in [0.3, 0.4) is 0 Å². The quantitative estimate of drug-likeness (QED) is 0.884. The second-order valence-electron chi connectivity index (χ2n) is 5.36. The molecule has 1 aromatic heterocycles. The first kappa shape index (κ1) is 12.4. The first-order valence-electron chi connectivity index (χ1n) is 7.07. The molecule has 0 amide bonds. The highest BCUT2D eigenvalue weighted by molar-refractivity contribution is 5.60. The summed E-state index contributed by atoms with van der Waals surface area (Å²) in [5, 5.41) is 3.46. The van der Waals surface area contributed by atoms with Crippen molar-refractivity contribution < 1.29 is 0 Å². The van der Waals surface area contributed by atoms with E-state index in [1.54, 1.807) is 0 Å². The maximum atomic E-state index is 4.87. The van der Waals surface area contributed by atoms with Crippen molar-refractivity contribution in [3.8, 4) is 11.3 Å². The van der Waals surface area contributed by atoms with Crippen LogP contribution in [-0.4, -0.2) is 18.1 Å². The number of nitrogens with one attached hydrogen (secondary N) is 1. The summed E-state index contributed by atoms with van der Waals surface area (Å²) in [4.78, 5) is 4.87. The molecule has 2 heterocycles. The summed E-state index contributed by atoms with van der Waals surface area (Å²) in [6, 6.07) is 15.0. The largest absolute Gasteiger partial charge is 0.316 e. The Kier molecular flexibility index (Phi) is 3.60. The monoisotopic (exact) mass is 252 g/mol. The fraction of sp³-hybridized carbons (Fsp3) is 0.353. The lowest BCUT2D eigenvalue weighted by atomic mass is 9.95. The van der Waals surface area contributed by atoms with Gasteiger partial charge in [0.1, 0.15) is 0 Å². The lowest BCUT2D eigenvalue weighted by Gasteiger charge is -2.22. The van der Waals surface area contributed by atoms with E-state index in [1.165, 1.54) is 29.7 Å². The van der Waals surface area contributed by atoms with Gasteiger partial charge in [-0.15, -0.1) is 0 Å². The third kappa shape index (κ3) is 2.85. The number of nitrogens with zero attached hydrogens (tertiary/aromatic N) is 1. The Hall–Kier alpha value is -1.67. The Bertz CT molecular complexity index is 557. The predicted molar refractivity (Wildman–Crippen MR) is 79.3 cm³/mol. The number of aromatic nitrogens is 1. The smallest absolute Gasteiger partial charge is 0.0705 e. The number of hydrogen-bond acceptors (Lipinski definition) is 2. The maximum absolute atomic E-state index is 4.87. The maximum Gasteiger partial charge on any atom is 0.0705 e. The van der Waals surface area contributed by atoms with Gasteiger partial charge < -0.3 is 5.32 Å². The Balaban J connectivity index is 1.91. The summed E-state index contributed by atoms with van der Waals surface area (Å²) in [5.74, 6) is 0.568. The summed E-state index contributed by atoms with van der Waals surface area (Å²) >= 11 is 0. The van der Waals surface area contributed by atoms with E-state index in [0.717, 1.165) is 18.8 Å². The minimum atomic E-state index is 0.568. The van der Waals surface area contributed by atoms with Gasteiger partial charge in [0.05, 0.1) is 5.69 Å². The van der Waals surface area contributed by atoms with Crippen molar-refractivity contribution >= 4 is 0 Å². The Morgan fingerprint density at radius 2 is 2.05 bits per heavy atom. The van der Waals surface area contributed by atoms with Crippen LogP contribution < -0.4 is 5.32 Å². The molecule has 2 heteroatoms. The summed E-state index contributed by atoms with van der Waals surface area (Å²) in [7, 11) is 0. The van der Waals surface area contributed by atoms with Crippen molar-refractivity contribution in [1.29, 1.82) is 0 Å². The Morgan fingerprint density at radius 3 is 2.84 bits per heavy atom. The molecule has 1 fully saturated rings. The summed E-state index contributed by atoms with van der Waals surface area (Å²) in [6.45, 7) is 4.33. The number of pyridine rings is 1. The first-order chi connectivity index (χ1) is 9.33. The van der Waals surface area contributed by atoms with Gasteiger partial charge in [-0.05, 0) is 44.5 Å². The van der Waals surface area contributed by atoms with Gasteiger partial charge in [0.15, 0.2) is 0 Å². The van der Waals surface area contributed by atoms with E-state index in [2.05, 4.69) is 54.7 Å². The first-order valence-corrected chi connectivity index (χ1v) is 7.07. The van der Waals surface area contributed by atoms with Gasteiger partial charge in [0.25, 0.3) is 0 Å². The van der Waals surface area contributed by atoms with Crippen molar-refractivity contribution in [3.63, 3.8) is 0 Å². The van der Waals surface area contributed by atoms with E-state index >= 15 is 0 Å². The summed E-state index contributed by atoms with van der Waals surface area (Å²) in [5.41, 5.74) is 4.81. The van der Waals surface area contributed by atoms with Gasteiger partial charge in [0.2, 0.25) is 0 Å². The molecule has 2 aromatic rings. The third-order valence-corrected chi connectivity index (χ3v) is 3.80. The number of piperidine rings is 1. The van der Waals surface area contributed by atoms with Crippen LogP contribution in [0.5, 0.6) is 0 Å². The molecule has 0 radical (unpaired) electrons. The lowest BCUT2D eigenvalue weighted by Crippen LogP contribution is -2.28. The van der Waals surface area contributed by atoms with Crippen molar-refractivity contribution in [2.75, 3.05) is 13.1 Å². The summed E-state index contributed by atoms with van der Waals surface area (Å²) < 4.78 is 0. The highest BCUT2D eigenvalue weighted by atomic mass is 14.9. The van der Waals surface area contributed by atoms with Crippen LogP contribution in [-0.2, 0) is 0 Å². The zero-order valence-corrected chi connectivity index (χ0v) is 11.4. The van der Waals surface area contributed by atoms with Crippen LogP contribution in [0.2, 0.25) is 0 Å². The molecule has 3 rings (SSSR count). The normalized spacial score (nSPS) is 19.3. The molecule has 0 spiro atoms. The lowest BCUT2D eigenvalue weighted by molar-refractivity contribution is 0.455. The van der Waals surface area contributed by atoms with Gasteiger partial charge in [-0.2, -0.15) is 0 Å². The molecule has 0 bridgehead atoms. The molecule has 0 aliphatic carbocycles. The molecule has 98 valence electrons. The van der Waals surface area contributed by atoms with E-state index in [-0.39, 0.29) is 0 Å². The zero-order chi connectivity index (χ0) is 13.1. The van der Waals surface area contributed by atoms with E-state index < -0.39 is 0 Å². The number of benzene rings is 1. The van der Waals surface area contributed by atoms with Crippen LogP contribution in [0, 0.1) is 6.92 Å². The number of aryl methyl sites for hydroxylation is 1. The third-order valence-electron chi connectivity index (χ3n) is 3.80. The molecule has 1 atom stereocenters. The van der Waals surface area contributed by atoms with E-state index in [9.17, 15) is 0 Å². The van der Waals surface area contributed by atoms with Gasteiger partial charge in [-0.1, -0.05) is 29.8 Å². The van der Waals surface area contributed by atoms with Crippen molar-refractivity contribution in [1.82, 2.24) is 10.3 Å². The van der Waals surface area contributed by atoms with E-state index in [0.29, 0.717) is 5.92 Å². The minimum Gasteiger partial charge on any atom is -0.316 e. The molecule has 1 N–H and O–H groups in total. The van der Waals surface area contributed by atoms with Crippen LogP contribution in [0.15, 0.2) is 42.5 Å². The van der Waals surface area contributed by atoms with Gasteiger partial charge in [-0.3, -0.25) is 4.98 Å². The topological polar surface area (TPSA) is 24.9 Å². The molecule has 19 heavy (non-hydrogen) atoms. The SMILES string of the molecule is Cc1cccc(-c2cccc(C3CCCNC3)n2)c1. The van der Waals surface area contributed by atoms with Gasteiger partial charge in [0, 0.05) is 23.7 Å². The Morgan fingerprint density at radius 1 is 1.16 bits per heavy atom. The average molecular weight is 252 g/mol. The minimum absolute atomic E-state index is 0.568. The second kappa shape index (κ2) is 5.54. The molecule has 1 saturated heterocycles. The highest BCUT2D eigenvalue weighted by Crippen LogP contribution is 2.25. The van der Waals surface area contributed by atoms with Crippen LogP contribution in [0.4, 0.5) is 0 Å². The van der Waals surface area contributed by atoms with E-state index in [4.69, 9.17) is 4.98 Å². The second-order valence-corrected chi connectivity index (χ2v) is 5.36. The molecular weight excluding hydrogens is 232 g/mol. The van der Waals surface area contributed by atoms with Crippen LogP contribution >= 0.6 is 0 Å².